The van der Waals surface area contributed by atoms with Crippen LogP contribution in [0.3, 0.4) is 0 Å². The van der Waals surface area contributed by atoms with Crippen molar-refractivity contribution in [3.63, 3.8) is 0 Å². The molecule has 3 rings (SSSR count). The van der Waals surface area contributed by atoms with Crippen LogP contribution in [-0.2, 0) is 0 Å². The van der Waals surface area contributed by atoms with Crippen LogP contribution in [0.2, 0.25) is 0 Å². The van der Waals surface area contributed by atoms with Crippen LogP contribution in [0.1, 0.15) is 15.9 Å². The van der Waals surface area contributed by atoms with Crippen LogP contribution in [0.4, 0.5) is 6.01 Å². The first-order valence-corrected chi connectivity index (χ1v) is 7.41. The number of rotatable bonds is 4. The summed E-state index contributed by atoms with van der Waals surface area (Å²) < 4.78 is 5.18. The van der Waals surface area contributed by atoms with Gasteiger partial charge in [0.15, 0.2) is 0 Å². The maximum Gasteiger partial charge on any atom is 0.335 e. The van der Waals surface area contributed by atoms with E-state index in [1.807, 2.05) is 51.4 Å². The van der Waals surface area contributed by atoms with Crippen molar-refractivity contribution >= 4 is 12.0 Å². The number of hydrogen-bond acceptors (Lipinski definition) is 5. The molecule has 6 heteroatoms. The van der Waals surface area contributed by atoms with Gasteiger partial charge in [0.1, 0.15) is 0 Å². The van der Waals surface area contributed by atoms with Gasteiger partial charge in [-0.05, 0) is 41.8 Å². The standard InChI is InChI=1S/C18H17N3O3/c1-11-10-14(16-19-18(21(2)3)24-20-16)8-9-15(11)12-4-6-13(7-5-12)17(22)23/h4-10H,1-3H3,(H,22,23). The molecule has 0 unspecified atom stereocenters. The van der Waals surface area contributed by atoms with Crippen molar-refractivity contribution in [3.8, 4) is 22.5 Å². The predicted molar refractivity (Wildman–Crippen MR) is 91.2 cm³/mol. The minimum absolute atomic E-state index is 0.274. The van der Waals surface area contributed by atoms with E-state index in [2.05, 4.69) is 10.1 Å². The van der Waals surface area contributed by atoms with Crippen LogP contribution in [0, 0.1) is 6.92 Å². The molecule has 0 bridgehead atoms. The fourth-order valence-corrected chi connectivity index (χ4v) is 2.43. The van der Waals surface area contributed by atoms with Gasteiger partial charge >= 0.3 is 12.0 Å². The van der Waals surface area contributed by atoms with Gasteiger partial charge in [-0.2, -0.15) is 4.98 Å². The zero-order valence-corrected chi connectivity index (χ0v) is 13.6. The molecule has 0 saturated carbocycles. The lowest BCUT2D eigenvalue weighted by molar-refractivity contribution is 0.0697. The minimum atomic E-state index is -0.928. The highest BCUT2D eigenvalue weighted by Gasteiger charge is 2.12. The van der Waals surface area contributed by atoms with Gasteiger partial charge in [0.05, 0.1) is 5.56 Å². The Morgan fingerprint density at radius 3 is 2.29 bits per heavy atom. The van der Waals surface area contributed by atoms with Crippen LogP contribution in [0.15, 0.2) is 47.0 Å². The molecule has 0 amide bonds. The Balaban J connectivity index is 1.93. The molecule has 1 heterocycles. The smallest absolute Gasteiger partial charge is 0.335 e. The highest BCUT2D eigenvalue weighted by atomic mass is 16.5. The van der Waals surface area contributed by atoms with Gasteiger partial charge in [0, 0.05) is 19.7 Å². The number of hydrogen-bond donors (Lipinski definition) is 1. The van der Waals surface area contributed by atoms with E-state index in [1.54, 1.807) is 17.0 Å². The van der Waals surface area contributed by atoms with Crippen LogP contribution in [0.25, 0.3) is 22.5 Å². The molecular weight excluding hydrogens is 306 g/mol. The maximum absolute atomic E-state index is 10.9. The number of aryl methyl sites for hydroxylation is 1. The number of benzene rings is 2. The average Bonchev–Trinajstić information content (AvgIpc) is 3.05. The van der Waals surface area contributed by atoms with Gasteiger partial charge in [-0.1, -0.05) is 29.4 Å². The summed E-state index contributed by atoms with van der Waals surface area (Å²) >= 11 is 0. The van der Waals surface area contributed by atoms with E-state index in [0.717, 1.165) is 22.3 Å². The van der Waals surface area contributed by atoms with E-state index in [1.165, 1.54) is 0 Å². The average molecular weight is 323 g/mol. The second-order valence-corrected chi connectivity index (χ2v) is 5.71. The van der Waals surface area contributed by atoms with Gasteiger partial charge in [-0.25, -0.2) is 4.79 Å². The summed E-state index contributed by atoms with van der Waals surface area (Å²) in [6, 6.07) is 13.2. The number of anilines is 1. The lowest BCUT2D eigenvalue weighted by Gasteiger charge is -2.08. The Labute approximate surface area is 139 Å². The lowest BCUT2D eigenvalue weighted by Crippen LogP contribution is -2.08. The molecule has 1 N–H and O–H groups in total. The van der Waals surface area contributed by atoms with Gasteiger partial charge in [-0.3, -0.25) is 0 Å². The third-order valence-corrected chi connectivity index (χ3v) is 3.73. The monoisotopic (exact) mass is 323 g/mol. The number of carbonyl (C=O) groups is 1. The van der Waals surface area contributed by atoms with Gasteiger partial charge < -0.3 is 14.5 Å². The summed E-state index contributed by atoms with van der Waals surface area (Å²) in [6.45, 7) is 2.00. The summed E-state index contributed by atoms with van der Waals surface area (Å²) in [6.07, 6.45) is 0. The molecule has 2 aromatic carbocycles. The van der Waals surface area contributed by atoms with Crippen molar-refractivity contribution in [2.24, 2.45) is 0 Å². The molecule has 3 aromatic rings. The fourth-order valence-electron chi connectivity index (χ4n) is 2.43. The fraction of sp³-hybridized carbons (Fsp3) is 0.167. The summed E-state index contributed by atoms with van der Waals surface area (Å²) in [7, 11) is 3.68. The van der Waals surface area contributed by atoms with Crippen LogP contribution >= 0.6 is 0 Å². The van der Waals surface area contributed by atoms with E-state index < -0.39 is 5.97 Å². The Kier molecular flexibility index (Phi) is 4.04. The first-order chi connectivity index (χ1) is 11.5. The molecule has 6 nitrogen and oxygen atoms in total. The summed E-state index contributed by atoms with van der Waals surface area (Å²) in [4.78, 5) is 17.0. The van der Waals surface area contributed by atoms with Crippen molar-refractivity contribution in [2.75, 3.05) is 19.0 Å². The molecule has 1 aromatic heterocycles. The number of carboxylic acids is 1. The number of nitrogens with zero attached hydrogens (tertiary/aromatic N) is 3. The van der Waals surface area contributed by atoms with Crippen molar-refractivity contribution in [1.82, 2.24) is 10.1 Å². The van der Waals surface area contributed by atoms with E-state index in [0.29, 0.717) is 11.8 Å². The van der Waals surface area contributed by atoms with Crippen molar-refractivity contribution < 1.29 is 14.4 Å². The first kappa shape index (κ1) is 15.7. The van der Waals surface area contributed by atoms with Gasteiger partial charge in [0.2, 0.25) is 5.82 Å². The minimum Gasteiger partial charge on any atom is -0.478 e. The van der Waals surface area contributed by atoms with E-state index >= 15 is 0 Å². The summed E-state index contributed by atoms with van der Waals surface area (Å²) in [5.41, 5.74) is 4.19. The number of carboxylic acid groups (broad SMARTS) is 1. The Bertz CT molecular complexity index is 883. The lowest BCUT2D eigenvalue weighted by atomic mass is 9.97. The van der Waals surface area contributed by atoms with E-state index in [9.17, 15) is 4.79 Å². The second-order valence-electron chi connectivity index (χ2n) is 5.71. The Morgan fingerprint density at radius 2 is 1.75 bits per heavy atom. The van der Waals surface area contributed by atoms with E-state index in [-0.39, 0.29) is 5.56 Å². The Morgan fingerprint density at radius 1 is 1.08 bits per heavy atom. The van der Waals surface area contributed by atoms with Gasteiger partial charge in [0.25, 0.3) is 0 Å². The topological polar surface area (TPSA) is 79.5 Å². The molecule has 0 spiro atoms. The van der Waals surface area contributed by atoms with E-state index in [4.69, 9.17) is 9.63 Å². The third-order valence-electron chi connectivity index (χ3n) is 3.73. The number of aromatic nitrogens is 2. The SMILES string of the molecule is Cc1cc(-c2noc(N(C)C)n2)ccc1-c1ccc(C(=O)O)cc1. The molecule has 0 saturated heterocycles. The molecule has 0 aliphatic heterocycles. The summed E-state index contributed by atoms with van der Waals surface area (Å²) in [5.74, 6) is -0.392. The molecular formula is C18H17N3O3. The largest absolute Gasteiger partial charge is 0.478 e. The highest BCUT2D eigenvalue weighted by molar-refractivity contribution is 5.88. The molecule has 24 heavy (non-hydrogen) atoms. The first-order valence-electron chi connectivity index (χ1n) is 7.41. The summed E-state index contributed by atoms with van der Waals surface area (Å²) in [5, 5.41) is 13.0. The predicted octanol–water partition coefficient (Wildman–Crippen LogP) is 3.48. The van der Waals surface area contributed by atoms with Crippen molar-refractivity contribution in [3.05, 3.63) is 53.6 Å². The third kappa shape index (κ3) is 2.99. The van der Waals surface area contributed by atoms with Gasteiger partial charge in [-0.15, -0.1) is 0 Å². The highest BCUT2D eigenvalue weighted by Crippen LogP contribution is 2.28. The number of aromatic carboxylic acids is 1. The molecule has 0 fully saturated rings. The van der Waals surface area contributed by atoms with Crippen LogP contribution in [-0.4, -0.2) is 35.3 Å². The Hall–Kier alpha value is -3.15. The zero-order valence-electron chi connectivity index (χ0n) is 13.6. The van der Waals surface area contributed by atoms with Crippen LogP contribution < -0.4 is 4.90 Å². The van der Waals surface area contributed by atoms with Crippen molar-refractivity contribution in [2.45, 2.75) is 6.92 Å². The zero-order chi connectivity index (χ0) is 17.3. The van der Waals surface area contributed by atoms with Crippen molar-refractivity contribution in [1.29, 1.82) is 0 Å². The normalized spacial score (nSPS) is 10.6. The van der Waals surface area contributed by atoms with Crippen LogP contribution in [0.5, 0.6) is 0 Å². The molecule has 0 aliphatic carbocycles. The molecule has 0 radical (unpaired) electrons. The second kappa shape index (κ2) is 6.16. The molecule has 0 atom stereocenters. The molecule has 122 valence electrons. The molecule has 0 aliphatic rings. The maximum atomic E-state index is 10.9. The quantitative estimate of drug-likeness (QED) is 0.792.